The van der Waals surface area contributed by atoms with E-state index in [1.54, 1.807) is 0 Å². The number of aromatic amines is 1. The van der Waals surface area contributed by atoms with Gasteiger partial charge in [0.1, 0.15) is 11.4 Å². The highest BCUT2D eigenvalue weighted by atomic mass is 15.3. The Balaban J connectivity index is 1.72. The van der Waals surface area contributed by atoms with Crippen molar-refractivity contribution in [1.29, 1.82) is 0 Å². The number of hydrogen-bond acceptors (Lipinski definition) is 2. The average Bonchev–Trinajstić information content (AvgIpc) is 3.13. The molecule has 0 atom stereocenters. The molecule has 3 aromatic carbocycles. The first-order valence-corrected chi connectivity index (χ1v) is 7.54. The highest BCUT2D eigenvalue weighted by molar-refractivity contribution is 5.78. The van der Waals surface area contributed by atoms with Crippen LogP contribution in [0.3, 0.4) is 0 Å². The third kappa shape index (κ3) is 2.64. The van der Waals surface area contributed by atoms with Crippen LogP contribution in [0, 0.1) is 0 Å². The highest BCUT2D eigenvalue weighted by Gasteiger charge is 2.12. The van der Waals surface area contributed by atoms with E-state index >= 15 is 0 Å². The summed E-state index contributed by atoms with van der Waals surface area (Å²) in [6.45, 7) is 0. The van der Waals surface area contributed by atoms with Gasteiger partial charge in [-0.2, -0.15) is 15.4 Å². The smallest absolute Gasteiger partial charge is 0.120 e. The number of hydrogen-bond donors (Lipinski definition) is 1. The maximum Gasteiger partial charge on any atom is 0.120 e. The number of nitrogens with one attached hydrogen (secondary N) is 1. The van der Waals surface area contributed by atoms with Crippen LogP contribution in [0.2, 0.25) is 0 Å². The van der Waals surface area contributed by atoms with Gasteiger partial charge in [-0.05, 0) is 11.1 Å². The van der Waals surface area contributed by atoms with Crippen molar-refractivity contribution in [2.24, 2.45) is 0 Å². The molecule has 3 heteroatoms. The molecule has 0 bridgehead atoms. The first-order chi connectivity index (χ1) is 11.4. The van der Waals surface area contributed by atoms with Gasteiger partial charge in [0.05, 0.1) is 0 Å². The minimum atomic E-state index is 0.871. The molecule has 23 heavy (non-hydrogen) atoms. The van der Waals surface area contributed by atoms with Crippen molar-refractivity contribution in [2.75, 3.05) is 0 Å². The Morgan fingerprint density at radius 1 is 0.435 bits per heavy atom. The molecular formula is C20H15N3. The van der Waals surface area contributed by atoms with Crippen LogP contribution < -0.4 is 0 Å². The van der Waals surface area contributed by atoms with Crippen LogP contribution in [0.5, 0.6) is 0 Å². The fourth-order valence-corrected chi connectivity index (χ4v) is 2.68. The van der Waals surface area contributed by atoms with E-state index in [9.17, 15) is 0 Å². The maximum absolute atomic E-state index is 4.33. The zero-order valence-electron chi connectivity index (χ0n) is 12.5. The van der Waals surface area contributed by atoms with Crippen molar-refractivity contribution in [3.63, 3.8) is 0 Å². The highest BCUT2D eigenvalue weighted by Crippen LogP contribution is 2.29. The Kier molecular flexibility index (Phi) is 3.45. The molecule has 4 rings (SSSR count). The predicted molar refractivity (Wildman–Crippen MR) is 92.7 cm³/mol. The maximum atomic E-state index is 4.33. The van der Waals surface area contributed by atoms with Gasteiger partial charge in [-0.1, -0.05) is 84.9 Å². The number of rotatable bonds is 3. The van der Waals surface area contributed by atoms with Gasteiger partial charge in [0.15, 0.2) is 0 Å². The van der Waals surface area contributed by atoms with Crippen LogP contribution in [-0.4, -0.2) is 15.4 Å². The second-order valence-corrected chi connectivity index (χ2v) is 5.33. The van der Waals surface area contributed by atoms with Crippen molar-refractivity contribution < 1.29 is 0 Å². The molecule has 0 unspecified atom stereocenters. The van der Waals surface area contributed by atoms with Crippen LogP contribution in [0.4, 0.5) is 0 Å². The molecule has 0 amide bonds. The summed E-state index contributed by atoms with van der Waals surface area (Å²) in [5.74, 6) is 0. The summed E-state index contributed by atoms with van der Waals surface area (Å²) in [6, 6.07) is 28.9. The summed E-state index contributed by atoms with van der Waals surface area (Å²) in [6.07, 6.45) is 0. The molecule has 0 saturated heterocycles. The van der Waals surface area contributed by atoms with E-state index in [0.717, 1.165) is 22.5 Å². The molecule has 1 heterocycles. The number of benzene rings is 3. The molecule has 0 fully saturated rings. The third-order valence-electron chi connectivity index (χ3n) is 3.86. The van der Waals surface area contributed by atoms with Crippen molar-refractivity contribution >= 4 is 0 Å². The topological polar surface area (TPSA) is 41.6 Å². The summed E-state index contributed by atoms with van der Waals surface area (Å²) < 4.78 is 0. The first kappa shape index (κ1) is 13.5. The van der Waals surface area contributed by atoms with Crippen molar-refractivity contribution in [3.05, 3.63) is 84.9 Å². The second kappa shape index (κ2) is 5.89. The van der Waals surface area contributed by atoms with Crippen LogP contribution in [-0.2, 0) is 0 Å². The standard InChI is InChI=1S/C20H15N3/c1-3-7-15(8-4-1)16-11-13-18(14-12-16)20-19(21-23-22-20)17-9-5-2-6-10-17/h1-14H,(H,21,22,23). The lowest BCUT2D eigenvalue weighted by Crippen LogP contribution is -1.84. The van der Waals surface area contributed by atoms with Gasteiger partial charge in [0.2, 0.25) is 0 Å². The Morgan fingerprint density at radius 2 is 0.826 bits per heavy atom. The van der Waals surface area contributed by atoms with Crippen molar-refractivity contribution in [2.45, 2.75) is 0 Å². The molecule has 0 radical (unpaired) electrons. The molecule has 110 valence electrons. The van der Waals surface area contributed by atoms with Gasteiger partial charge in [0, 0.05) is 11.1 Å². The molecule has 4 aromatic rings. The molecule has 0 aliphatic heterocycles. The molecule has 3 nitrogen and oxygen atoms in total. The number of nitrogens with zero attached hydrogens (tertiary/aromatic N) is 2. The Hall–Kier alpha value is -3.20. The van der Waals surface area contributed by atoms with Crippen molar-refractivity contribution in [1.82, 2.24) is 15.4 Å². The Morgan fingerprint density at radius 3 is 1.39 bits per heavy atom. The minimum Gasteiger partial charge on any atom is -0.197 e. The zero-order valence-corrected chi connectivity index (χ0v) is 12.5. The lowest BCUT2D eigenvalue weighted by atomic mass is 10.0. The molecule has 0 spiro atoms. The van der Waals surface area contributed by atoms with E-state index in [1.807, 2.05) is 48.5 Å². The van der Waals surface area contributed by atoms with E-state index in [-0.39, 0.29) is 0 Å². The second-order valence-electron chi connectivity index (χ2n) is 5.33. The lowest BCUT2D eigenvalue weighted by Gasteiger charge is -2.04. The Bertz CT molecular complexity index is 895. The van der Waals surface area contributed by atoms with Gasteiger partial charge >= 0.3 is 0 Å². The number of H-pyrrole nitrogens is 1. The summed E-state index contributed by atoms with van der Waals surface area (Å²) in [4.78, 5) is 0. The van der Waals surface area contributed by atoms with Crippen molar-refractivity contribution in [3.8, 4) is 33.6 Å². The SMILES string of the molecule is c1ccc(-c2ccc(-c3n[nH]nc3-c3ccccc3)cc2)cc1. The van der Waals surface area contributed by atoms with Gasteiger partial charge in [-0.15, -0.1) is 0 Å². The van der Waals surface area contributed by atoms with E-state index in [1.165, 1.54) is 11.1 Å². The van der Waals surface area contributed by atoms with Gasteiger partial charge in [0.25, 0.3) is 0 Å². The number of aromatic nitrogens is 3. The quantitative estimate of drug-likeness (QED) is 0.590. The largest absolute Gasteiger partial charge is 0.197 e. The van der Waals surface area contributed by atoms with Crippen LogP contribution in [0.15, 0.2) is 84.9 Å². The van der Waals surface area contributed by atoms with Crippen LogP contribution >= 0.6 is 0 Å². The summed E-state index contributed by atoms with van der Waals surface area (Å²) >= 11 is 0. The third-order valence-corrected chi connectivity index (χ3v) is 3.86. The van der Waals surface area contributed by atoms with E-state index in [4.69, 9.17) is 0 Å². The van der Waals surface area contributed by atoms with Gasteiger partial charge in [-0.25, -0.2) is 0 Å². The molecule has 1 aromatic heterocycles. The predicted octanol–water partition coefficient (Wildman–Crippen LogP) is 4.81. The van der Waals surface area contributed by atoms with Crippen LogP contribution in [0.25, 0.3) is 33.6 Å². The average molecular weight is 297 g/mol. The van der Waals surface area contributed by atoms with E-state index in [0.29, 0.717) is 0 Å². The van der Waals surface area contributed by atoms with Gasteiger partial charge < -0.3 is 0 Å². The molecule has 1 N–H and O–H groups in total. The zero-order chi connectivity index (χ0) is 15.5. The Labute approximate surface area is 134 Å². The summed E-state index contributed by atoms with van der Waals surface area (Å²) in [7, 11) is 0. The molecule has 0 saturated carbocycles. The molecular weight excluding hydrogens is 282 g/mol. The first-order valence-electron chi connectivity index (χ1n) is 7.54. The van der Waals surface area contributed by atoms with E-state index < -0.39 is 0 Å². The minimum absolute atomic E-state index is 0.871. The lowest BCUT2D eigenvalue weighted by molar-refractivity contribution is 0.944. The van der Waals surface area contributed by atoms with Crippen LogP contribution in [0.1, 0.15) is 0 Å². The fraction of sp³-hybridized carbons (Fsp3) is 0. The monoisotopic (exact) mass is 297 g/mol. The van der Waals surface area contributed by atoms with E-state index in [2.05, 4.69) is 51.8 Å². The molecule has 0 aliphatic carbocycles. The van der Waals surface area contributed by atoms with Gasteiger partial charge in [-0.3, -0.25) is 0 Å². The fourth-order valence-electron chi connectivity index (χ4n) is 2.68. The summed E-state index contributed by atoms with van der Waals surface area (Å²) in [5, 5.41) is 11.4. The normalized spacial score (nSPS) is 10.6. The molecule has 0 aliphatic rings. The summed E-state index contributed by atoms with van der Waals surface area (Å²) in [5.41, 5.74) is 6.26.